The third kappa shape index (κ3) is 2.20. The van der Waals surface area contributed by atoms with Gasteiger partial charge in [-0.1, -0.05) is 6.42 Å². The van der Waals surface area contributed by atoms with Crippen molar-refractivity contribution in [2.24, 2.45) is 0 Å². The van der Waals surface area contributed by atoms with Gasteiger partial charge in [-0.2, -0.15) is 0 Å². The molecule has 1 aliphatic heterocycles. The summed E-state index contributed by atoms with van der Waals surface area (Å²) in [5.41, 5.74) is 0. The van der Waals surface area contributed by atoms with Crippen molar-refractivity contribution in [2.75, 3.05) is 39.4 Å². The summed E-state index contributed by atoms with van der Waals surface area (Å²) in [5, 5.41) is 0. The minimum atomic E-state index is -0.191. The molecule has 76 valence electrons. The third-order valence-electron chi connectivity index (χ3n) is 3.40. The summed E-state index contributed by atoms with van der Waals surface area (Å²) in [6.45, 7) is 4.90. The molecule has 0 spiro atoms. The summed E-state index contributed by atoms with van der Waals surface area (Å²) < 4.78 is 12.1. The Bertz CT molecular complexity index is 151. The van der Waals surface area contributed by atoms with Gasteiger partial charge in [-0.25, -0.2) is 4.39 Å². The standard InChI is InChI=1S/C10H19FN2/c11-4-5-12-6-8-13(9-7-12)10-2-1-3-10/h10H,1-9H2. The summed E-state index contributed by atoms with van der Waals surface area (Å²) in [5.74, 6) is 0. The van der Waals surface area contributed by atoms with E-state index in [0.29, 0.717) is 6.54 Å². The van der Waals surface area contributed by atoms with Crippen LogP contribution >= 0.6 is 0 Å². The predicted molar refractivity (Wildman–Crippen MR) is 51.6 cm³/mol. The van der Waals surface area contributed by atoms with E-state index in [1.54, 1.807) is 0 Å². The molecule has 2 rings (SSSR count). The number of alkyl halides is 1. The smallest absolute Gasteiger partial charge is 0.102 e. The van der Waals surface area contributed by atoms with Crippen LogP contribution in [-0.4, -0.2) is 55.2 Å². The largest absolute Gasteiger partial charge is 0.298 e. The molecule has 1 aliphatic carbocycles. The first-order valence-electron chi connectivity index (χ1n) is 5.42. The lowest BCUT2D eigenvalue weighted by atomic mass is 9.91. The average molecular weight is 186 g/mol. The van der Waals surface area contributed by atoms with Crippen LogP contribution in [0.2, 0.25) is 0 Å². The van der Waals surface area contributed by atoms with E-state index in [4.69, 9.17) is 0 Å². The number of rotatable bonds is 3. The zero-order valence-corrected chi connectivity index (χ0v) is 8.21. The van der Waals surface area contributed by atoms with Crippen LogP contribution in [0.1, 0.15) is 19.3 Å². The normalized spacial score (nSPS) is 27.5. The summed E-state index contributed by atoms with van der Waals surface area (Å²) in [6.07, 6.45) is 4.20. The minimum Gasteiger partial charge on any atom is -0.298 e. The van der Waals surface area contributed by atoms with Gasteiger partial charge in [0.1, 0.15) is 6.67 Å². The highest BCUT2D eigenvalue weighted by atomic mass is 19.1. The monoisotopic (exact) mass is 186 g/mol. The second-order valence-corrected chi connectivity index (χ2v) is 4.15. The fourth-order valence-corrected chi connectivity index (χ4v) is 2.22. The highest BCUT2D eigenvalue weighted by Gasteiger charge is 2.27. The van der Waals surface area contributed by atoms with Gasteiger partial charge in [-0.05, 0) is 12.8 Å². The van der Waals surface area contributed by atoms with E-state index in [2.05, 4.69) is 9.80 Å². The topological polar surface area (TPSA) is 6.48 Å². The molecule has 2 aliphatic rings. The van der Waals surface area contributed by atoms with Crippen LogP contribution in [0, 0.1) is 0 Å². The van der Waals surface area contributed by atoms with Crippen LogP contribution < -0.4 is 0 Å². The molecular formula is C10H19FN2. The van der Waals surface area contributed by atoms with Crippen molar-refractivity contribution in [3.05, 3.63) is 0 Å². The van der Waals surface area contributed by atoms with E-state index in [0.717, 1.165) is 32.2 Å². The minimum absolute atomic E-state index is 0.191. The Kier molecular flexibility index (Phi) is 3.17. The van der Waals surface area contributed by atoms with Crippen LogP contribution in [0.3, 0.4) is 0 Å². The van der Waals surface area contributed by atoms with Gasteiger partial charge in [-0.15, -0.1) is 0 Å². The van der Waals surface area contributed by atoms with Gasteiger partial charge in [0.15, 0.2) is 0 Å². The number of nitrogens with zero attached hydrogens (tertiary/aromatic N) is 2. The van der Waals surface area contributed by atoms with E-state index < -0.39 is 0 Å². The second-order valence-electron chi connectivity index (χ2n) is 4.15. The molecule has 0 atom stereocenters. The Balaban J connectivity index is 1.69. The van der Waals surface area contributed by atoms with E-state index in [1.807, 2.05) is 0 Å². The SMILES string of the molecule is FCCN1CCN(C2CCC2)CC1. The highest BCUT2D eigenvalue weighted by Crippen LogP contribution is 2.25. The summed E-state index contributed by atoms with van der Waals surface area (Å²) in [4.78, 5) is 4.81. The quantitative estimate of drug-likeness (QED) is 0.652. The third-order valence-corrected chi connectivity index (χ3v) is 3.40. The molecule has 3 heteroatoms. The van der Waals surface area contributed by atoms with Crippen molar-refractivity contribution in [3.8, 4) is 0 Å². The first kappa shape index (κ1) is 9.41. The van der Waals surface area contributed by atoms with Gasteiger partial charge < -0.3 is 0 Å². The molecular weight excluding hydrogens is 167 g/mol. The Labute approximate surface area is 79.7 Å². The second kappa shape index (κ2) is 4.38. The molecule has 0 N–H and O–H groups in total. The van der Waals surface area contributed by atoms with Crippen molar-refractivity contribution >= 4 is 0 Å². The molecule has 0 aromatic heterocycles. The first-order valence-corrected chi connectivity index (χ1v) is 5.42. The molecule has 1 saturated carbocycles. The van der Waals surface area contributed by atoms with Crippen molar-refractivity contribution in [1.82, 2.24) is 9.80 Å². The highest BCUT2D eigenvalue weighted by molar-refractivity contribution is 4.83. The van der Waals surface area contributed by atoms with E-state index in [-0.39, 0.29) is 6.67 Å². The van der Waals surface area contributed by atoms with Crippen LogP contribution in [0.5, 0.6) is 0 Å². The van der Waals surface area contributed by atoms with E-state index >= 15 is 0 Å². The lowest BCUT2D eigenvalue weighted by Gasteiger charge is -2.42. The molecule has 0 unspecified atom stereocenters. The van der Waals surface area contributed by atoms with Gasteiger partial charge in [0.2, 0.25) is 0 Å². The van der Waals surface area contributed by atoms with Gasteiger partial charge >= 0.3 is 0 Å². The fraction of sp³-hybridized carbons (Fsp3) is 1.00. The average Bonchev–Trinajstić information content (AvgIpc) is 2.06. The summed E-state index contributed by atoms with van der Waals surface area (Å²) in [7, 11) is 0. The Morgan fingerprint density at radius 1 is 1.08 bits per heavy atom. The van der Waals surface area contributed by atoms with Crippen molar-refractivity contribution < 1.29 is 4.39 Å². The van der Waals surface area contributed by atoms with Gasteiger partial charge in [0.25, 0.3) is 0 Å². The molecule has 0 aromatic rings. The maximum Gasteiger partial charge on any atom is 0.102 e. The molecule has 1 saturated heterocycles. The molecule has 13 heavy (non-hydrogen) atoms. The fourth-order valence-electron chi connectivity index (χ4n) is 2.22. The van der Waals surface area contributed by atoms with Gasteiger partial charge in [0.05, 0.1) is 0 Å². The van der Waals surface area contributed by atoms with Gasteiger partial charge in [0, 0.05) is 38.8 Å². The number of piperazine rings is 1. The van der Waals surface area contributed by atoms with Crippen molar-refractivity contribution in [3.63, 3.8) is 0 Å². The predicted octanol–water partition coefficient (Wildman–Crippen LogP) is 1.13. The summed E-state index contributed by atoms with van der Waals surface area (Å²) >= 11 is 0. The molecule has 2 fully saturated rings. The summed E-state index contributed by atoms with van der Waals surface area (Å²) in [6, 6.07) is 0.868. The zero-order valence-electron chi connectivity index (χ0n) is 8.21. The van der Waals surface area contributed by atoms with Crippen LogP contribution in [0.25, 0.3) is 0 Å². The maximum atomic E-state index is 12.1. The lowest BCUT2D eigenvalue weighted by molar-refractivity contribution is 0.0595. The van der Waals surface area contributed by atoms with Crippen molar-refractivity contribution in [1.29, 1.82) is 0 Å². The van der Waals surface area contributed by atoms with Gasteiger partial charge in [-0.3, -0.25) is 9.80 Å². The molecule has 1 heterocycles. The molecule has 0 aromatic carbocycles. The van der Waals surface area contributed by atoms with Crippen LogP contribution in [-0.2, 0) is 0 Å². The first-order chi connectivity index (χ1) is 6.40. The Morgan fingerprint density at radius 2 is 1.77 bits per heavy atom. The Morgan fingerprint density at radius 3 is 2.23 bits per heavy atom. The molecule has 2 nitrogen and oxygen atoms in total. The van der Waals surface area contributed by atoms with Crippen LogP contribution in [0.15, 0.2) is 0 Å². The van der Waals surface area contributed by atoms with Crippen molar-refractivity contribution in [2.45, 2.75) is 25.3 Å². The zero-order chi connectivity index (χ0) is 9.10. The van der Waals surface area contributed by atoms with Crippen LogP contribution in [0.4, 0.5) is 4.39 Å². The lowest BCUT2D eigenvalue weighted by Crippen LogP contribution is -2.52. The Hall–Kier alpha value is -0.150. The number of hydrogen-bond donors (Lipinski definition) is 0. The maximum absolute atomic E-state index is 12.1. The number of hydrogen-bond acceptors (Lipinski definition) is 2. The van der Waals surface area contributed by atoms with E-state index in [1.165, 1.54) is 19.3 Å². The molecule has 0 amide bonds. The number of halogens is 1. The van der Waals surface area contributed by atoms with E-state index in [9.17, 15) is 4.39 Å². The molecule has 0 bridgehead atoms. The molecule has 0 radical (unpaired) electrons.